The van der Waals surface area contributed by atoms with Crippen molar-refractivity contribution in [3.63, 3.8) is 0 Å². The van der Waals surface area contributed by atoms with Crippen LogP contribution in [0.25, 0.3) is 0 Å². The third-order valence-corrected chi connectivity index (χ3v) is 3.25. The highest BCUT2D eigenvalue weighted by atomic mass is 16.9. The molecular weight excluding hydrogens is 444 g/mol. The van der Waals surface area contributed by atoms with Gasteiger partial charge in [-0.1, -0.05) is 0 Å². The van der Waals surface area contributed by atoms with Crippen LogP contribution in [0.1, 0.15) is 12.8 Å². The Labute approximate surface area is 177 Å². The zero-order valence-corrected chi connectivity index (χ0v) is 15.9. The maximum atomic E-state index is 11.5. The van der Waals surface area contributed by atoms with Crippen molar-refractivity contribution in [1.29, 1.82) is 0 Å². The van der Waals surface area contributed by atoms with Gasteiger partial charge in [0.15, 0.2) is 0 Å². The SMILES string of the molecule is O=C(CCC(=O)OCOC(=O)On1c(O)ccc1O)OCOC(=O)On1c(O)ccc1O. The number of nitrogens with zero attached hydrogens (tertiary/aromatic N) is 2. The van der Waals surface area contributed by atoms with E-state index in [4.69, 9.17) is 0 Å². The van der Waals surface area contributed by atoms with E-state index in [1.165, 1.54) is 0 Å². The molecule has 16 nitrogen and oxygen atoms in total. The van der Waals surface area contributed by atoms with E-state index >= 15 is 0 Å². The monoisotopic (exact) mass is 460 g/mol. The van der Waals surface area contributed by atoms with E-state index in [2.05, 4.69) is 28.6 Å². The molecule has 2 heterocycles. The van der Waals surface area contributed by atoms with Crippen molar-refractivity contribution in [2.45, 2.75) is 12.8 Å². The highest BCUT2D eigenvalue weighted by Crippen LogP contribution is 2.19. The summed E-state index contributed by atoms with van der Waals surface area (Å²) in [6.45, 7) is -1.77. The predicted molar refractivity (Wildman–Crippen MR) is 92.8 cm³/mol. The Kier molecular flexibility index (Phi) is 7.98. The third kappa shape index (κ3) is 6.94. The van der Waals surface area contributed by atoms with E-state index in [9.17, 15) is 39.6 Å². The van der Waals surface area contributed by atoms with Crippen LogP contribution in [0.2, 0.25) is 0 Å². The Balaban J connectivity index is 1.56. The van der Waals surface area contributed by atoms with Crippen LogP contribution in [0.5, 0.6) is 23.5 Å². The summed E-state index contributed by atoms with van der Waals surface area (Å²) in [6.07, 6.45) is -3.79. The average Bonchev–Trinajstić information content (AvgIpc) is 3.22. The molecule has 2 aromatic heterocycles. The number of ether oxygens (including phenoxy) is 4. The van der Waals surface area contributed by atoms with Gasteiger partial charge in [0.2, 0.25) is 37.1 Å². The summed E-state index contributed by atoms with van der Waals surface area (Å²) in [4.78, 5) is 54.5. The lowest BCUT2D eigenvalue weighted by atomic mass is 10.3. The molecule has 0 bridgehead atoms. The number of aromatic hydroxyl groups is 4. The third-order valence-electron chi connectivity index (χ3n) is 3.25. The van der Waals surface area contributed by atoms with Gasteiger partial charge in [0.05, 0.1) is 12.8 Å². The average molecular weight is 460 g/mol. The van der Waals surface area contributed by atoms with Crippen LogP contribution in [0.15, 0.2) is 24.3 Å². The summed E-state index contributed by atoms with van der Waals surface area (Å²) >= 11 is 0. The predicted octanol–water partition coefficient (Wildman–Crippen LogP) is -0.276. The second-order valence-corrected chi connectivity index (χ2v) is 5.43. The fraction of sp³-hybridized carbons (Fsp3) is 0.250. The number of carbonyl (C=O) groups is 4. The number of aromatic nitrogens is 2. The van der Waals surface area contributed by atoms with Gasteiger partial charge in [-0.3, -0.25) is 19.3 Å². The molecule has 16 heteroatoms. The molecule has 0 spiro atoms. The molecule has 2 aromatic rings. The first-order valence-corrected chi connectivity index (χ1v) is 8.38. The fourth-order valence-electron chi connectivity index (χ4n) is 1.83. The maximum Gasteiger partial charge on any atom is 0.536 e. The zero-order chi connectivity index (χ0) is 23.7. The number of hydrogen-bond acceptors (Lipinski definition) is 14. The van der Waals surface area contributed by atoms with E-state index in [-0.39, 0.29) is 0 Å². The summed E-state index contributed by atoms with van der Waals surface area (Å²) in [6, 6.07) is 4.14. The maximum absolute atomic E-state index is 11.5. The van der Waals surface area contributed by atoms with Crippen molar-refractivity contribution in [3.05, 3.63) is 24.3 Å². The topological polar surface area (TPSA) is 214 Å². The molecule has 0 atom stereocenters. The first-order valence-electron chi connectivity index (χ1n) is 8.38. The lowest BCUT2D eigenvalue weighted by Crippen LogP contribution is -2.23. The number of rotatable bonds is 9. The van der Waals surface area contributed by atoms with Crippen molar-refractivity contribution in [1.82, 2.24) is 9.46 Å². The van der Waals surface area contributed by atoms with Gasteiger partial charge in [0.25, 0.3) is 0 Å². The molecule has 2 rings (SSSR count). The van der Waals surface area contributed by atoms with Crippen molar-refractivity contribution < 1.29 is 68.2 Å². The largest absolute Gasteiger partial charge is 0.536 e. The van der Waals surface area contributed by atoms with E-state index in [0.717, 1.165) is 24.3 Å². The molecule has 0 unspecified atom stereocenters. The van der Waals surface area contributed by atoms with Crippen molar-refractivity contribution >= 4 is 24.2 Å². The molecule has 0 aliphatic rings. The van der Waals surface area contributed by atoms with Crippen LogP contribution in [0.3, 0.4) is 0 Å². The van der Waals surface area contributed by atoms with E-state index in [1.807, 2.05) is 0 Å². The molecule has 0 aliphatic carbocycles. The molecule has 0 aliphatic heterocycles. The van der Waals surface area contributed by atoms with Crippen LogP contribution in [0, 0.1) is 0 Å². The first-order chi connectivity index (χ1) is 15.2. The van der Waals surface area contributed by atoms with Crippen LogP contribution < -0.4 is 9.68 Å². The minimum absolute atomic E-state index is 0.349. The highest BCUT2D eigenvalue weighted by Gasteiger charge is 2.16. The van der Waals surface area contributed by atoms with E-state index in [0.29, 0.717) is 9.46 Å². The molecule has 0 amide bonds. The lowest BCUT2D eigenvalue weighted by Gasteiger charge is -2.09. The van der Waals surface area contributed by atoms with E-state index in [1.54, 1.807) is 0 Å². The number of carbonyl (C=O) groups excluding carboxylic acids is 4. The molecule has 0 saturated heterocycles. The number of hydrogen-bond donors (Lipinski definition) is 4. The van der Waals surface area contributed by atoms with Gasteiger partial charge in [0.1, 0.15) is 0 Å². The van der Waals surface area contributed by atoms with Gasteiger partial charge >= 0.3 is 24.2 Å². The molecule has 32 heavy (non-hydrogen) atoms. The molecular formula is C16H16N2O14. The van der Waals surface area contributed by atoms with Crippen molar-refractivity contribution in [2.75, 3.05) is 13.6 Å². The Morgan fingerprint density at radius 2 is 0.906 bits per heavy atom. The minimum Gasteiger partial charge on any atom is -0.492 e. The summed E-state index contributed by atoms with van der Waals surface area (Å²) < 4.78 is 18.5. The van der Waals surface area contributed by atoms with Crippen LogP contribution >= 0.6 is 0 Å². The smallest absolute Gasteiger partial charge is 0.492 e. The fourth-order valence-corrected chi connectivity index (χ4v) is 1.83. The first kappa shape index (κ1) is 23.5. The standard InChI is InChI=1S/C16H16N2O14/c19-9-1-2-10(20)17(9)31-15(25)29-7-27-13(23)5-6-14(24)28-8-30-16(26)32-18-11(21)3-4-12(18)22/h1-4,19-22H,5-8H2. The van der Waals surface area contributed by atoms with Crippen LogP contribution in [0.4, 0.5) is 9.59 Å². The van der Waals surface area contributed by atoms with E-state index < -0.39 is 74.2 Å². The van der Waals surface area contributed by atoms with Gasteiger partial charge in [-0.25, -0.2) is 9.59 Å². The van der Waals surface area contributed by atoms with Crippen molar-refractivity contribution in [3.8, 4) is 23.5 Å². The van der Waals surface area contributed by atoms with Gasteiger partial charge in [-0.15, -0.1) is 9.46 Å². The summed E-state index contributed by atoms with van der Waals surface area (Å²) in [5.41, 5.74) is 0. The summed E-state index contributed by atoms with van der Waals surface area (Å²) in [7, 11) is 0. The van der Waals surface area contributed by atoms with Gasteiger partial charge in [-0.05, 0) is 0 Å². The van der Waals surface area contributed by atoms with Gasteiger partial charge < -0.3 is 39.4 Å². The molecule has 0 radical (unpaired) electrons. The zero-order valence-electron chi connectivity index (χ0n) is 15.9. The Morgan fingerprint density at radius 3 is 1.22 bits per heavy atom. The highest BCUT2D eigenvalue weighted by molar-refractivity contribution is 5.77. The van der Waals surface area contributed by atoms with Gasteiger partial charge in [-0.2, -0.15) is 0 Å². The van der Waals surface area contributed by atoms with Crippen molar-refractivity contribution in [2.24, 2.45) is 0 Å². The Bertz CT molecular complexity index is 860. The second-order valence-electron chi connectivity index (χ2n) is 5.43. The molecule has 0 saturated carbocycles. The quantitative estimate of drug-likeness (QED) is 0.280. The molecule has 4 N–H and O–H groups in total. The normalized spacial score (nSPS) is 10.1. The summed E-state index contributed by atoms with van der Waals surface area (Å²) in [5.74, 6) is -4.27. The number of esters is 2. The lowest BCUT2D eigenvalue weighted by molar-refractivity contribution is -0.160. The van der Waals surface area contributed by atoms with Crippen LogP contribution in [-0.2, 0) is 28.5 Å². The Hall–Kier alpha value is -4.76. The molecule has 174 valence electrons. The second kappa shape index (κ2) is 10.9. The van der Waals surface area contributed by atoms with Crippen LogP contribution in [-0.4, -0.2) is 67.7 Å². The Morgan fingerprint density at radius 1 is 0.594 bits per heavy atom. The minimum atomic E-state index is -1.41. The molecule has 0 aromatic carbocycles. The van der Waals surface area contributed by atoms with Gasteiger partial charge in [0, 0.05) is 24.3 Å². The summed E-state index contributed by atoms with van der Waals surface area (Å²) in [5, 5.41) is 37.1. The molecule has 0 fully saturated rings.